The molecule has 0 unspecified atom stereocenters. The zero-order valence-electron chi connectivity index (χ0n) is 8.74. The quantitative estimate of drug-likeness (QED) is 0.900. The van der Waals surface area contributed by atoms with Gasteiger partial charge in [0.05, 0.1) is 17.3 Å². The second-order valence-electron chi connectivity index (χ2n) is 3.44. The van der Waals surface area contributed by atoms with E-state index in [1.807, 2.05) is 6.07 Å². The van der Waals surface area contributed by atoms with Crippen LogP contribution in [0.3, 0.4) is 0 Å². The highest BCUT2D eigenvalue weighted by Crippen LogP contribution is 2.23. The van der Waals surface area contributed by atoms with Gasteiger partial charge in [-0.3, -0.25) is 0 Å². The number of nitrogens with zero attached hydrogens (tertiary/aromatic N) is 1. The van der Waals surface area contributed by atoms with E-state index < -0.39 is 0 Å². The maximum absolute atomic E-state index is 13.5. The van der Waals surface area contributed by atoms with Crippen LogP contribution < -0.4 is 5.32 Å². The Hall–Kier alpha value is -1.86. The van der Waals surface area contributed by atoms with Gasteiger partial charge in [-0.1, -0.05) is 15.9 Å². The minimum Gasteiger partial charge on any atom is -0.353 e. The summed E-state index contributed by atoms with van der Waals surface area (Å²) in [6.45, 7) is 0. The first-order valence-corrected chi connectivity index (χ1v) is 5.70. The lowest BCUT2D eigenvalue weighted by atomic mass is 10.2. The summed E-state index contributed by atoms with van der Waals surface area (Å²) in [5.41, 5.74) is 1.72. The van der Waals surface area contributed by atoms with E-state index in [9.17, 15) is 4.39 Å². The molecule has 0 saturated heterocycles. The van der Waals surface area contributed by atoms with E-state index in [2.05, 4.69) is 21.2 Å². The van der Waals surface area contributed by atoms with Crippen LogP contribution in [-0.4, -0.2) is 0 Å². The molecule has 2 aromatic carbocycles. The van der Waals surface area contributed by atoms with Crippen LogP contribution in [0.4, 0.5) is 15.8 Å². The molecule has 1 N–H and O–H groups in total. The second-order valence-corrected chi connectivity index (χ2v) is 4.35. The molecule has 2 nitrogen and oxygen atoms in total. The maximum atomic E-state index is 13.5. The molecule has 0 aromatic heterocycles. The minimum atomic E-state index is -0.330. The Bertz CT molecular complexity index is 573. The lowest BCUT2D eigenvalue weighted by Crippen LogP contribution is -1.93. The van der Waals surface area contributed by atoms with Gasteiger partial charge < -0.3 is 5.32 Å². The molecule has 2 rings (SSSR count). The van der Waals surface area contributed by atoms with Crippen molar-refractivity contribution in [2.24, 2.45) is 0 Å². The Morgan fingerprint density at radius 3 is 2.41 bits per heavy atom. The summed E-state index contributed by atoms with van der Waals surface area (Å²) >= 11 is 3.20. The van der Waals surface area contributed by atoms with Gasteiger partial charge in [-0.2, -0.15) is 5.26 Å². The number of nitriles is 1. The number of benzene rings is 2. The molecule has 0 bridgehead atoms. The van der Waals surface area contributed by atoms with Gasteiger partial charge in [-0.15, -0.1) is 0 Å². The topological polar surface area (TPSA) is 35.8 Å². The Kier molecular flexibility index (Phi) is 3.40. The molecule has 0 aliphatic carbocycles. The van der Waals surface area contributed by atoms with Gasteiger partial charge in [0.25, 0.3) is 0 Å². The van der Waals surface area contributed by atoms with Crippen LogP contribution in [0.15, 0.2) is 46.9 Å². The van der Waals surface area contributed by atoms with E-state index >= 15 is 0 Å². The van der Waals surface area contributed by atoms with Crippen molar-refractivity contribution in [1.82, 2.24) is 0 Å². The molecule has 0 aliphatic rings. The molecular formula is C13H8BrFN2. The summed E-state index contributed by atoms with van der Waals surface area (Å²) in [5, 5.41) is 11.6. The van der Waals surface area contributed by atoms with E-state index in [1.165, 1.54) is 6.07 Å². The van der Waals surface area contributed by atoms with E-state index in [4.69, 9.17) is 5.26 Å². The highest BCUT2D eigenvalue weighted by Gasteiger charge is 2.02. The van der Waals surface area contributed by atoms with E-state index in [-0.39, 0.29) is 5.82 Å². The molecule has 0 fully saturated rings. The minimum absolute atomic E-state index is 0.330. The van der Waals surface area contributed by atoms with Crippen LogP contribution in [0, 0.1) is 17.1 Å². The zero-order valence-corrected chi connectivity index (χ0v) is 10.3. The van der Waals surface area contributed by atoms with Crippen molar-refractivity contribution < 1.29 is 4.39 Å². The van der Waals surface area contributed by atoms with Crippen molar-refractivity contribution in [3.8, 4) is 6.07 Å². The summed E-state index contributed by atoms with van der Waals surface area (Å²) in [6, 6.07) is 13.7. The summed E-state index contributed by atoms with van der Waals surface area (Å²) in [7, 11) is 0. The van der Waals surface area contributed by atoms with Gasteiger partial charge in [0.15, 0.2) is 0 Å². The molecule has 17 heavy (non-hydrogen) atoms. The Morgan fingerprint density at radius 2 is 1.82 bits per heavy atom. The molecular weight excluding hydrogens is 283 g/mol. The van der Waals surface area contributed by atoms with Crippen LogP contribution in [0.25, 0.3) is 0 Å². The van der Waals surface area contributed by atoms with Crippen molar-refractivity contribution in [2.75, 3.05) is 5.32 Å². The molecule has 0 saturated carbocycles. The molecule has 84 valence electrons. The summed E-state index contributed by atoms with van der Waals surface area (Å²) in [5.74, 6) is -0.330. The first-order chi connectivity index (χ1) is 8.19. The van der Waals surface area contributed by atoms with Crippen molar-refractivity contribution in [3.05, 3.63) is 58.3 Å². The number of halogens is 2. The molecule has 0 heterocycles. The predicted molar refractivity (Wildman–Crippen MR) is 68.5 cm³/mol. The largest absolute Gasteiger partial charge is 0.353 e. The standard InChI is InChI=1S/C13H8BrFN2/c14-10-3-6-13(12(15)7-10)17-11-4-1-9(8-16)2-5-11/h1-7,17H. The van der Waals surface area contributed by atoms with Crippen molar-refractivity contribution >= 4 is 27.3 Å². The van der Waals surface area contributed by atoms with Crippen LogP contribution in [0.5, 0.6) is 0 Å². The van der Waals surface area contributed by atoms with Gasteiger partial charge >= 0.3 is 0 Å². The van der Waals surface area contributed by atoms with Gasteiger partial charge in [0.2, 0.25) is 0 Å². The lowest BCUT2D eigenvalue weighted by Gasteiger charge is -2.07. The molecule has 0 radical (unpaired) electrons. The monoisotopic (exact) mass is 290 g/mol. The van der Waals surface area contributed by atoms with Crippen LogP contribution in [0.1, 0.15) is 5.56 Å². The smallest absolute Gasteiger partial charge is 0.147 e. The fraction of sp³-hybridized carbons (Fsp3) is 0. The third kappa shape index (κ3) is 2.83. The number of nitrogens with one attached hydrogen (secondary N) is 1. The average Bonchev–Trinajstić information content (AvgIpc) is 2.34. The summed E-state index contributed by atoms with van der Waals surface area (Å²) < 4.78 is 14.2. The fourth-order valence-electron chi connectivity index (χ4n) is 1.37. The first kappa shape index (κ1) is 11.6. The van der Waals surface area contributed by atoms with Crippen LogP contribution in [0.2, 0.25) is 0 Å². The maximum Gasteiger partial charge on any atom is 0.147 e. The van der Waals surface area contributed by atoms with E-state index in [0.717, 1.165) is 5.69 Å². The Balaban J connectivity index is 2.23. The number of anilines is 2. The number of hydrogen-bond donors (Lipinski definition) is 1. The third-order valence-electron chi connectivity index (χ3n) is 2.22. The normalized spacial score (nSPS) is 9.71. The fourth-order valence-corrected chi connectivity index (χ4v) is 1.71. The van der Waals surface area contributed by atoms with Gasteiger partial charge in [0.1, 0.15) is 5.82 Å². The van der Waals surface area contributed by atoms with E-state index in [0.29, 0.717) is 15.7 Å². The van der Waals surface area contributed by atoms with Gasteiger partial charge in [0, 0.05) is 10.2 Å². The van der Waals surface area contributed by atoms with Crippen molar-refractivity contribution in [1.29, 1.82) is 5.26 Å². The SMILES string of the molecule is N#Cc1ccc(Nc2ccc(Br)cc2F)cc1. The van der Waals surface area contributed by atoms with Crippen molar-refractivity contribution in [3.63, 3.8) is 0 Å². The average molecular weight is 291 g/mol. The molecule has 0 amide bonds. The first-order valence-electron chi connectivity index (χ1n) is 4.91. The Labute approximate surface area is 107 Å². The molecule has 4 heteroatoms. The van der Waals surface area contributed by atoms with Crippen LogP contribution in [-0.2, 0) is 0 Å². The second kappa shape index (κ2) is 4.98. The molecule has 2 aromatic rings. The molecule has 0 aliphatic heterocycles. The van der Waals surface area contributed by atoms with Crippen LogP contribution >= 0.6 is 15.9 Å². The predicted octanol–water partition coefficient (Wildman–Crippen LogP) is 4.20. The van der Waals surface area contributed by atoms with Gasteiger partial charge in [-0.05, 0) is 42.5 Å². The van der Waals surface area contributed by atoms with Gasteiger partial charge in [-0.25, -0.2) is 4.39 Å². The Morgan fingerprint density at radius 1 is 1.12 bits per heavy atom. The number of rotatable bonds is 2. The lowest BCUT2D eigenvalue weighted by molar-refractivity contribution is 0.631. The summed E-state index contributed by atoms with van der Waals surface area (Å²) in [6.07, 6.45) is 0. The van der Waals surface area contributed by atoms with Crippen molar-refractivity contribution in [2.45, 2.75) is 0 Å². The highest BCUT2D eigenvalue weighted by atomic mass is 79.9. The third-order valence-corrected chi connectivity index (χ3v) is 2.72. The summed E-state index contributed by atoms with van der Waals surface area (Å²) in [4.78, 5) is 0. The molecule has 0 spiro atoms. The number of hydrogen-bond acceptors (Lipinski definition) is 2. The highest BCUT2D eigenvalue weighted by molar-refractivity contribution is 9.10. The zero-order chi connectivity index (χ0) is 12.3. The molecule has 0 atom stereocenters. The van der Waals surface area contributed by atoms with E-state index in [1.54, 1.807) is 36.4 Å².